The average Bonchev–Trinajstić information content (AvgIpc) is 2.82. The van der Waals surface area contributed by atoms with Crippen LogP contribution in [0.1, 0.15) is 36.4 Å². The van der Waals surface area contributed by atoms with Gasteiger partial charge in [-0.2, -0.15) is 0 Å². The highest BCUT2D eigenvalue weighted by Crippen LogP contribution is 2.23. The Bertz CT molecular complexity index is 467. The fourth-order valence-electron chi connectivity index (χ4n) is 1.87. The summed E-state index contributed by atoms with van der Waals surface area (Å²) in [7, 11) is 0. The Hall–Kier alpha value is -0.830. The van der Waals surface area contributed by atoms with E-state index in [4.69, 9.17) is 11.6 Å². The van der Waals surface area contributed by atoms with Crippen molar-refractivity contribution in [3.05, 3.63) is 57.2 Å². The van der Waals surface area contributed by atoms with Gasteiger partial charge in [0.15, 0.2) is 0 Å². The summed E-state index contributed by atoms with van der Waals surface area (Å²) in [6, 6.07) is 12.9. The molecule has 0 spiro atoms. The van der Waals surface area contributed by atoms with Crippen molar-refractivity contribution in [3.8, 4) is 0 Å². The first kappa shape index (κ1) is 12.6. The summed E-state index contributed by atoms with van der Waals surface area (Å²) in [5.74, 6) is 0. The van der Waals surface area contributed by atoms with Crippen molar-refractivity contribution >= 4 is 22.9 Å². The van der Waals surface area contributed by atoms with Gasteiger partial charge in [0.25, 0.3) is 0 Å². The van der Waals surface area contributed by atoms with Gasteiger partial charge < -0.3 is 5.32 Å². The third-order valence-corrected chi connectivity index (χ3v) is 4.11. The van der Waals surface area contributed by atoms with Crippen LogP contribution >= 0.6 is 22.9 Å². The number of hydrogen-bond acceptors (Lipinski definition) is 2. The average molecular weight is 266 g/mol. The normalized spacial score (nSPS) is 14.5. The molecule has 2 rings (SSSR count). The number of nitrogens with one attached hydrogen (secondary N) is 1. The van der Waals surface area contributed by atoms with Gasteiger partial charge in [0, 0.05) is 22.0 Å². The molecular weight excluding hydrogens is 250 g/mol. The Labute approximate surface area is 111 Å². The van der Waals surface area contributed by atoms with Crippen LogP contribution < -0.4 is 5.32 Å². The van der Waals surface area contributed by atoms with E-state index >= 15 is 0 Å². The molecule has 1 aromatic heterocycles. The van der Waals surface area contributed by atoms with Gasteiger partial charge in [-0.25, -0.2) is 0 Å². The van der Waals surface area contributed by atoms with Gasteiger partial charge >= 0.3 is 0 Å². The van der Waals surface area contributed by atoms with Crippen LogP contribution in [0.25, 0.3) is 0 Å². The van der Waals surface area contributed by atoms with E-state index in [2.05, 4.69) is 42.7 Å². The number of halogens is 1. The molecule has 0 radical (unpaired) electrons. The highest BCUT2D eigenvalue weighted by Gasteiger charge is 2.11. The summed E-state index contributed by atoms with van der Waals surface area (Å²) in [5.41, 5.74) is 1.22. The van der Waals surface area contributed by atoms with E-state index in [0.29, 0.717) is 12.1 Å². The Kier molecular flexibility index (Phi) is 4.21. The number of benzene rings is 1. The van der Waals surface area contributed by atoms with Gasteiger partial charge in [0.2, 0.25) is 0 Å². The van der Waals surface area contributed by atoms with Crippen molar-refractivity contribution in [2.45, 2.75) is 25.9 Å². The van der Waals surface area contributed by atoms with Gasteiger partial charge in [-0.1, -0.05) is 29.8 Å². The SMILES string of the molecule is CC(N[C@@H](C)c1cccc(Cl)c1)c1cccs1. The lowest BCUT2D eigenvalue weighted by Gasteiger charge is -2.19. The minimum atomic E-state index is 0.297. The van der Waals surface area contributed by atoms with Gasteiger partial charge in [-0.05, 0) is 43.0 Å². The summed E-state index contributed by atoms with van der Waals surface area (Å²) in [6.45, 7) is 4.35. The Morgan fingerprint density at radius 2 is 1.94 bits per heavy atom. The van der Waals surface area contributed by atoms with E-state index in [1.807, 2.05) is 18.2 Å². The monoisotopic (exact) mass is 265 g/mol. The molecule has 2 aromatic rings. The van der Waals surface area contributed by atoms with Crippen LogP contribution in [0, 0.1) is 0 Å². The molecule has 0 amide bonds. The van der Waals surface area contributed by atoms with Crippen LogP contribution in [-0.2, 0) is 0 Å². The van der Waals surface area contributed by atoms with E-state index < -0.39 is 0 Å². The lowest BCUT2D eigenvalue weighted by Crippen LogP contribution is -2.21. The lowest BCUT2D eigenvalue weighted by atomic mass is 10.1. The molecule has 2 atom stereocenters. The molecule has 0 aliphatic rings. The minimum Gasteiger partial charge on any atom is -0.303 e. The Morgan fingerprint density at radius 1 is 1.12 bits per heavy atom. The van der Waals surface area contributed by atoms with Crippen LogP contribution in [0.3, 0.4) is 0 Å². The first-order chi connectivity index (χ1) is 8.16. The molecule has 0 fully saturated rings. The predicted octanol–water partition coefficient (Wildman–Crippen LogP) is 4.81. The Morgan fingerprint density at radius 3 is 2.59 bits per heavy atom. The molecule has 17 heavy (non-hydrogen) atoms. The molecule has 0 bridgehead atoms. The highest BCUT2D eigenvalue weighted by molar-refractivity contribution is 7.10. The highest BCUT2D eigenvalue weighted by atomic mass is 35.5. The molecule has 1 heterocycles. The second kappa shape index (κ2) is 5.67. The maximum absolute atomic E-state index is 6.00. The molecule has 1 unspecified atom stereocenters. The number of thiophene rings is 1. The molecule has 1 N–H and O–H groups in total. The molecular formula is C14H16ClNS. The van der Waals surface area contributed by atoms with E-state index in [0.717, 1.165) is 5.02 Å². The summed E-state index contributed by atoms with van der Waals surface area (Å²) in [5, 5.41) is 6.48. The van der Waals surface area contributed by atoms with Crippen molar-refractivity contribution in [1.82, 2.24) is 5.32 Å². The first-order valence-corrected chi connectivity index (χ1v) is 6.97. The van der Waals surface area contributed by atoms with Crippen LogP contribution in [0.4, 0.5) is 0 Å². The second-order valence-electron chi connectivity index (χ2n) is 4.18. The van der Waals surface area contributed by atoms with Gasteiger partial charge in [0.05, 0.1) is 0 Å². The zero-order chi connectivity index (χ0) is 12.3. The fourth-order valence-corrected chi connectivity index (χ4v) is 2.81. The van der Waals surface area contributed by atoms with E-state index in [9.17, 15) is 0 Å². The largest absolute Gasteiger partial charge is 0.303 e. The smallest absolute Gasteiger partial charge is 0.0409 e. The molecule has 3 heteroatoms. The molecule has 0 saturated heterocycles. The zero-order valence-electron chi connectivity index (χ0n) is 9.98. The maximum atomic E-state index is 6.00. The summed E-state index contributed by atoms with van der Waals surface area (Å²) in [4.78, 5) is 1.36. The van der Waals surface area contributed by atoms with Crippen LogP contribution in [-0.4, -0.2) is 0 Å². The van der Waals surface area contributed by atoms with E-state index in [1.54, 1.807) is 11.3 Å². The van der Waals surface area contributed by atoms with E-state index in [-0.39, 0.29) is 0 Å². The molecule has 90 valence electrons. The van der Waals surface area contributed by atoms with Gasteiger partial charge in [-0.15, -0.1) is 11.3 Å². The van der Waals surface area contributed by atoms with Crippen LogP contribution in [0.15, 0.2) is 41.8 Å². The summed E-state index contributed by atoms with van der Waals surface area (Å²) >= 11 is 7.78. The summed E-state index contributed by atoms with van der Waals surface area (Å²) in [6.07, 6.45) is 0. The minimum absolute atomic E-state index is 0.297. The second-order valence-corrected chi connectivity index (χ2v) is 5.60. The standard InChI is InChI=1S/C14H16ClNS/c1-10(12-5-3-6-13(15)9-12)16-11(2)14-7-4-8-17-14/h3-11,16H,1-2H3/t10-,11?/m0/s1. The van der Waals surface area contributed by atoms with E-state index in [1.165, 1.54) is 10.4 Å². The zero-order valence-corrected chi connectivity index (χ0v) is 11.6. The van der Waals surface area contributed by atoms with Crippen molar-refractivity contribution in [2.75, 3.05) is 0 Å². The third kappa shape index (κ3) is 3.32. The van der Waals surface area contributed by atoms with Gasteiger partial charge in [0.1, 0.15) is 0 Å². The molecule has 0 aliphatic heterocycles. The molecule has 1 nitrogen and oxygen atoms in total. The fraction of sp³-hybridized carbons (Fsp3) is 0.286. The van der Waals surface area contributed by atoms with Crippen molar-refractivity contribution in [3.63, 3.8) is 0 Å². The Balaban J connectivity index is 2.04. The molecule has 0 aliphatic carbocycles. The quantitative estimate of drug-likeness (QED) is 0.836. The molecule has 0 saturated carbocycles. The first-order valence-electron chi connectivity index (χ1n) is 5.71. The van der Waals surface area contributed by atoms with Crippen LogP contribution in [0.2, 0.25) is 5.02 Å². The van der Waals surface area contributed by atoms with Crippen molar-refractivity contribution in [2.24, 2.45) is 0 Å². The third-order valence-electron chi connectivity index (χ3n) is 2.82. The predicted molar refractivity (Wildman–Crippen MR) is 75.7 cm³/mol. The summed E-state index contributed by atoms with van der Waals surface area (Å²) < 4.78 is 0. The van der Waals surface area contributed by atoms with Gasteiger partial charge in [-0.3, -0.25) is 0 Å². The molecule has 1 aromatic carbocycles. The van der Waals surface area contributed by atoms with Crippen molar-refractivity contribution < 1.29 is 0 Å². The van der Waals surface area contributed by atoms with Crippen LogP contribution in [0.5, 0.6) is 0 Å². The van der Waals surface area contributed by atoms with Crippen molar-refractivity contribution in [1.29, 1.82) is 0 Å². The number of rotatable bonds is 4. The lowest BCUT2D eigenvalue weighted by molar-refractivity contribution is 0.500. The number of hydrogen-bond donors (Lipinski definition) is 1. The topological polar surface area (TPSA) is 12.0 Å². The maximum Gasteiger partial charge on any atom is 0.0409 e.